The molecule has 1 aromatic rings. The summed E-state index contributed by atoms with van der Waals surface area (Å²) in [4.78, 5) is 55.4. The first-order valence-electron chi connectivity index (χ1n) is 10.4. The summed E-state index contributed by atoms with van der Waals surface area (Å²) in [6.07, 6.45) is 4.46. The molecule has 1 rings (SSSR count). The summed E-state index contributed by atoms with van der Waals surface area (Å²) >= 11 is 0. The maximum absolute atomic E-state index is 12.7. The lowest BCUT2D eigenvalue weighted by Gasteiger charge is -2.25. The van der Waals surface area contributed by atoms with Gasteiger partial charge in [-0.1, -0.05) is 40.5 Å². The quantitative estimate of drug-likeness (QED) is 0.241. The number of hydrogen-bond donors (Lipinski definition) is 6. The van der Waals surface area contributed by atoms with Crippen molar-refractivity contribution in [3.63, 3.8) is 0 Å². The molecule has 0 saturated carbocycles. The molecule has 0 aliphatic rings. The van der Waals surface area contributed by atoms with Crippen LogP contribution in [0.4, 0.5) is 0 Å². The number of rotatable bonds is 13. The van der Waals surface area contributed by atoms with Gasteiger partial charge in [0.05, 0.1) is 18.9 Å². The number of carboxylic acids is 1. The Labute approximate surface area is 181 Å². The standard InChI is InChI=1S/C20H34N6O5/c1-5-11(3)16(26-18(28)14(21)7-13-8-22-10-24-13)19(29)23-9-15(27)25-17(20(30)31)12(4)6-2/h8,10-12,14,16-17H,5-7,9,21H2,1-4H3,(H,22,24)(H,23,29)(H,25,27)(H,26,28)(H,30,31). The van der Waals surface area contributed by atoms with Crippen LogP contribution in [-0.2, 0) is 25.6 Å². The van der Waals surface area contributed by atoms with Gasteiger partial charge in [0.15, 0.2) is 0 Å². The molecule has 0 aliphatic carbocycles. The Kier molecular flexibility index (Phi) is 10.7. The molecule has 0 saturated heterocycles. The van der Waals surface area contributed by atoms with E-state index in [4.69, 9.17) is 5.73 Å². The van der Waals surface area contributed by atoms with Gasteiger partial charge in [0.1, 0.15) is 12.1 Å². The van der Waals surface area contributed by atoms with Crippen LogP contribution in [0.3, 0.4) is 0 Å². The first kappa shape index (κ1) is 26.1. The average Bonchev–Trinajstić information content (AvgIpc) is 3.25. The number of hydrogen-bond acceptors (Lipinski definition) is 6. The molecule has 5 unspecified atom stereocenters. The molecule has 0 radical (unpaired) electrons. The molecule has 0 aromatic carbocycles. The van der Waals surface area contributed by atoms with Crippen LogP contribution in [0.1, 0.15) is 46.2 Å². The van der Waals surface area contributed by atoms with Crippen molar-refractivity contribution < 1.29 is 24.3 Å². The van der Waals surface area contributed by atoms with Crippen LogP contribution in [0, 0.1) is 11.8 Å². The van der Waals surface area contributed by atoms with Gasteiger partial charge in [-0.05, 0) is 11.8 Å². The minimum absolute atomic E-state index is 0.210. The van der Waals surface area contributed by atoms with E-state index in [2.05, 4.69) is 25.9 Å². The molecular weight excluding hydrogens is 404 g/mol. The number of amides is 3. The van der Waals surface area contributed by atoms with Crippen LogP contribution in [0.2, 0.25) is 0 Å². The van der Waals surface area contributed by atoms with E-state index in [0.717, 1.165) is 0 Å². The van der Waals surface area contributed by atoms with Gasteiger partial charge in [-0.25, -0.2) is 9.78 Å². The molecule has 5 atom stereocenters. The number of nitrogens with zero attached hydrogens (tertiary/aromatic N) is 1. The number of carboxylic acid groups (broad SMARTS) is 1. The number of aromatic amines is 1. The summed E-state index contributed by atoms with van der Waals surface area (Å²) in [6, 6.07) is -2.81. The lowest BCUT2D eigenvalue weighted by Crippen LogP contribution is -2.56. The summed E-state index contributed by atoms with van der Waals surface area (Å²) in [7, 11) is 0. The van der Waals surface area contributed by atoms with Crippen molar-refractivity contribution in [3.05, 3.63) is 18.2 Å². The maximum Gasteiger partial charge on any atom is 0.326 e. The zero-order valence-electron chi connectivity index (χ0n) is 18.5. The minimum Gasteiger partial charge on any atom is -0.480 e. The number of H-pyrrole nitrogens is 1. The van der Waals surface area contributed by atoms with E-state index in [9.17, 15) is 24.3 Å². The molecule has 174 valence electrons. The smallest absolute Gasteiger partial charge is 0.326 e. The fourth-order valence-corrected chi connectivity index (χ4v) is 2.87. The molecule has 0 fully saturated rings. The lowest BCUT2D eigenvalue weighted by molar-refractivity contribution is -0.143. The Balaban J connectivity index is 2.68. The number of aromatic nitrogens is 2. The van der Waals surface area contributed by atoms with Gasteiger partial charge in [0, 0.05) is 18.3 Å². The molecule has 0 spiro atoms. The highest BCUT2D eigenvalue weighted by atomic mass is 16.4. The molecule has 7 N–H and O–H groups in total. The third-order valence-electron chi connectivity index (χ3n) is 5.34. The van der Waals surface area contributed by atoms with Crippen LogP contribution < -0.4 is 21.7 Å². The second-order valence-electron chi connectivity index (χ2n) is 7.75. The van der Waals surface area contributed by atoms with Gasteiger partial charge in [0.25, 0.3) is 0 Å². The SMILES string of the molecule is CCC(C)C(NC(=O)CNC(=O)C(NC(=O)C(N)Cc1cnc[nH]1)C(C)CC)C(=O)O. The zero-order chi connectivity index (χ0) is 23.6. The van der Waals surface area contributed by atoms with E-state index < -0.39 is 48.4 Å². The third kappa shape index (κ3) is 8.36. The van der Waals surface area contributed by atoms with Gasteiger partial charge in [-0.15, -0.1) is 0 Å². The van der Waals surface area contributed by atoms with Crippen LogP contribution in [0.5, 0.6) is 0 Å². The van der Waals surface area contributed by atoms with Crippen molar-refractivity contribution in [2.24, 2.45) is 17.6 Å². The fraction of sp³-hybridized carbons (Fsp3) is 0.650. The minimum atomic E-state index is -1.13. The Morgan fingerprint density at radius 2 is 1.68 bits per heavy atom. The predicted molar refractivity (Wildman–Crippen MR) is 114 cm³/mol. The van der Waals surface area contributed by atoms with Crippen LogP contribution >= 0.6 is 0 Å². The van der Waals surface area contributed by atoms with E-state index in [1.165, 1.54) is 6.33 Å². The molecule has 0 bridgehead atoms. The molecule has 31 heavy (non-hydrogen) atoms. The van der Waals surface area contributed by atoms with Gasteiger partial charge in [-0.2, -0.15) is 0 Å². The van der Waals surface area contributed by atoms with Crippen LogP contribution in [0.25, 0.3) is 0 Å². The second kappa shape index (κ2) is 12.7. The van der Waals surface area contributed by atoms with Crippen molar-refractivity contribution >= 4 is 23.7 Å². The fourth-order valence-electron chi connectivity index (χ4n) is 2.87. The van der Waals surface area contributed by atoms with Crippen LogP contribution in [-0.4, -0.2) is 63.4 Å². The summed E-state index contributed by atoms with van der Waals surface area (Å²) < 4.78 is 0. The number of nitrogens with two attached hydrogens (primary N) is 1. The van der Waals surface area contributed by atoms with E-state index >= 15 is 0 Å². The normalized spacial score (nSPS) is 15.8. The molecular formula is C20H34N6O5. The van der Waals surface area contributed by atoms with E-state index in [1.54, 1.807) is 20.0 Å². The first-order chi connectivity index (χ1) is 14.6. The Morgan fingerprint density at radius 1 is 1.06 bits per heavy atom. The molecule has 11 heteroatoms. The van der Waals surface area contributed by atoms with Crippen molar-refractivity contribution in [2.75, 3.05) is 6.54 Å². The third-order valence-corrected chi connectivity index (χ3v) is 5.34. The maximum atomic E-state index is 12.7. The Hall–Kier alpha value is -2.95. The molecule has 0 aliphatic heterocycles. The van der Waals surface area contributed by atoms with Gasteiger partial charge in [-0.3, -0.25) is 14.4 Å². The Morgan fingerprint density at radius 3 is 2.19 bits per heavy atom. The second-order valence-corrected chi connectivity index (χ2v) is 7.75. The zero-order valence-corrected chi connectivity index (χ0v) is 18.5. The van der Waals surface area contributed by atoms with Crippen molar-refractivity contribution in [2.45, 2.75) is 65.1 Å². The molecule has 1 aromatic heterocycles. The van der Waals surface area contributed by atoms with Crippen molar-refractivity contribution in [3.8, 4) is 0 Å². The summed E-state index contributed by atoms with van der Waals surface area (Å²) in [6.45, 7) is 6.82. The largest absolute Gasteiger partial charge is 0.480 e. The monoisotopic (exact) mass is 438 g/mol. The summed E-state index contributed by atoms with van der Waals surface area (Å²) in [5.41, 5.74) is 6.63. The Bertz CT molecular complexity index is 738. The van der Waals surface area contributed by atoms with E-state index in [-0.39, 0.29) is 18.3 Å². The molecule has 1 heterocycles. The number of aliphatic carboxylic acids is 1. The van der Waals surface area contributed by atoms with Crippen molar-refractivity contribution in [1.82, 2.24) is 25.9 Å². The summed E-state index contributed by atoms with van der Waals surface area (Å²) in [5.74, 6) is -3.26. The topological polar surface area (TPSA) is 179 Å². The highest BCUT2D eigenvalue weighted by Crippen LogP contribution is 2.10. The lowest BCUT2D eigenvalue weighted by atomic mass is 9.97. The number of carbonyl (C=O) groups excluding carboxylic acids is 3. The predicted octanol–water partition coefficient (Wildman–Crippen LogP) is -0.458. The average molecular weight is 439 g/mol. The van der Waals surface area contributed by atoms with E-state index in [1.807, 2.05) is 13.8 Å². The summed E-state index contributed by atoms with van der Waals surface area (Å²) in [5, 5.41) is 16.8. The van der Waals surface area contributed by atoms with Gasteiger partial charge < -0.3 is 31.8 Å². The number of imidazole rings is 1. The molecule has 11 nitrogen and oxygen atoms in total. The van der Waals surface area contributed by atoms with E-state index in [0.29, 0.717) is 18.5 Å². The van der Waals surface area contributed by atoms with Crippen LogP contribution in [0.15, 0.2) is 12.5 Å². The van der Waals surface area contributed by atoms with Gasteiger partial charge in [0.2, 0.25) is 17.7 Å². The van der Waals surface area contributed by atoms with Gasteiger partial charge >= 0.3 is 5.97 Å². The molecule has 3 amide bonds. The highest BCUT2D eigenvalue weighted by Gasteiger charge is 2.29. The first-order valence-corrected chi connectivity index (χ1v) is 10.4. The van der Waals surface area contributed by atoms with Crippen molar-refractivity contribution in [1.29, 1.82) is 0 Å². The number of carbonyl (C=O) groups is 4. The highest BCUT2D eigenvalue weighted by molar-refractivity contribution is 5.92. The number of nitrogens with one attached hydrogen (secondary N) is 4.